The molecule has 2 nitrogen and oxygen atoms in total. The van der Waals surface area contributed by atoms with Crippen molar-refractivity contribution in [3.05, 3.63) is 0 Å². The van der Waals surface area contributed by atoms with E-state index in [0.717, 1.165) is 12.2 Å². The zero-order valence-corrected chi connectivity index (χ0v) is 6.39. The molecule has 0 aromatic carbocycles. The summed E-state index contributed by atoms with van der Waals surface area (Å²) < 4.78 is 0. The van der Waals surface area contributed by atoms with E-state index in [9.17, 15) is 0 Å². The summed E-state index contributed by atoms with van der Waals surface area (Å²) in [4.78, 5) is 0. The summed E-state index contributed by atoms with van der Waals surface area (Å²) in [5.41, 5.74) is 0. The molecule has 0 bridgehead atoms. The van der Waals surface area contributed by atoms with E-state index in [4.69, 9.17) is 10.4 Å². The van der Waals surface area contributed by atoms with Gasteiger partial charge in [-0.25, -0.2) is 0 Å². The van der Waals surface area contributed by atoms with Crippen molar-refractivity contribution in [1.29, 1.82) is 5.26 Å². The van der Waals surface area contributed by atoms with Gasteiger partial charge in [0.2, 0.25) is 0 Å². The van der Waals surface area contributed by atoms with Gasteiger partial charge in [-0.1, -0.05) is 33.6 Å². The molecular weight excluding hydrogens is 114 g/mol. The van der Waals surface area contributed by atoms with Gasteiger partial charge < -0.3 is 5.11 Å². The molecule has 0 fully saturated rings. The summed E-state index contributed by atoms with van der Waals surface area (Å²) in [7, 11) is 0. The molecule has 54 valence electrons. The Morgan fingerprint density at radius 2 is 1.89 bits per heavy atom. The van der Waals surface area contributed by atoms with Crippen molar-refractivity contribution in [3.63, 3.8) is 0 Å². The predicted octanol–water partition coefficient (Wildman–Crippen LogP) is 2.28. The van der Waals surface area contributed by atoms with E-state index in [1.54, 1.807) is 0 Å². The topological polar surface area (TPSA) is 44.0 Å². The molecule has 1 N–H and O–H groups in total. The molecular formula is C7H15NO. The van der Waals surface area contributed by atoms with Crippen LogP contribution in [-0.4, -0.2) is 5.11 Å². The standard InChI is InChI=1S/C6H14.CHNO/c1-4-5-6(2)3;2-1-3/h6H,4-5H2,1-3H3;3H. The Bertz CT molecular complexity index is 73.5. The van der Waals surface area contributed by atoms with E-state index >= 15 is 0 Å². The highest BCUT2D eigenvalue weighted by Gasteiger charge is 1.85. The minimum Gasteiger partial charge on any atom is -0.443 e. The molecule has 9 heavy (non-hydrogen) atoms. The molecule has 0 aromatic heterocycles. The summed E-state index contributed by atoms with van der Waals surface area (Å²) >= 11 is 0. The van der Waals surface area contributed by atoms with Crippen molar-refractivity contribution in [2.24, 2.45) is 5.92 Å². The van der Waals surface area contributed by atoms with Crippen molar-refractivity contribution in [2.75, 3.05) is 0 Å². The number of nitrogens with zero attached hydrogens (tertiary/aromatic N) is 1. The first-order chi connectivity index (χ1) is 4.18. The highest BCUT2D eigenvalue weighted by atomic mass is 16.2. The molecule has 0 unspecified atom stereocenters. The third kappa shape index (κ3) is 38.9. The van der Waals surface area contributed by atoms with Gasteiger partial charge in [0.1, 0.15) is 0 Å². The molecule has 0 radical (unpaired) electrons. The summed E-state index contributed by atoms with van der Waals surface area (Å²) in [6.45, 7) is 6.73. The lowest BCUT2D eigenvalue weighted by atomic mass is 10.1. The highest BCUT2D eigenvalue weighted by molar-refractivity contribution is 4.38. The first-order valence-corrected chi connectivity index (χ1v) is 3.22. The Balaban J connectivity index is 0. The van der Waals surface area contributed by atoms with E-state index in [0.29, 0.717) is 0 Å². The molecule has 0 saturated heterocycles. The van der Waals surface area contributed by atoms with Crippen LogP contribution in [0.15, 0.2) is 0 Å². The predicted molar refractivity (Wildman–Crippen MR) is 37.3 cm³/mol. The minimum absolute atomic E-state index is 0.750. The molecule has 0 aromatic rings. The van der Waals surface area contributed by atoms with Gasteiger partial charge in [-0.2, -0.15) is 5.26 Å². The lowest BCUT2D eigenvalue weighted by molar-refractivity contribution is 0.503. The van der Waals surface area contributed by atoms with Crippen LogP contribution in [0.3, 0.4) is 0 Å². The van der Waals surface area contributed by atoms with Gasteiger partial charge in [-0.05, 0) is 5.92 Å². The van der Waals surface area contributed by atoms with E-state index in [1.807, 2.05) is 0 Å². The average molecular weight is 129 g/mol. The Labute approximate surface area is 57.1 Å². The van der Waals surface area contributed by atoms with E-state index < -0.39 is 0 Å². The van der Waals surface area contributed by atoms with Crippen LogP contribution in [0.2, 0.25) is 0 Å². The second-order valence-electron chi connectivity index (χ2n) is 2.28. The number of rotatable bonds is 2. The van der Waals surface area contributed by atoms with Crippen molar-refractivity contribution in [3.8, 4) is 6.26 Å². The maximum absolute atomic E-state index is 6.88. The Kier molecular flexibility index (Phi) is 12.8. The van der Waals surface area contributed by atoms with Gasteiger partial charge in [0.25, 0.3) is 6.26 Å². The van der Waals surface area contributed by atoms with E-state index in [1.165, 1.54) is 12.8 Å². The van der Waals surface area contributed by atoms with E-state index in [-0.39, 0.29) is 0 Å². The van der Waals surface area contributed by atoms with Crippen LogP contribution in [0.25, 0.3) is 0 Å². The molecule has 0 aliphatic heterocycles. The number of hydrogen-bond donors (Lipinski definition) is 1. The van der Waals surface area contributed by atoms with Crippen LogP contribution in [-0.2, 0) is 0 Å². The molecule has 0 rings (SSSR count). The van der Waals surface area contributed by atoms with E-state index in [2.05, 4.69) is 20.8 Å². The second-order valence-corrected chi connectivity index (χ2v) is 2.28. The van der Waals surface area contributed by atoms with Gasteiger partial charge in [-0.15, -0.1) is 0 Å². The van der Waals surface area contributed by atoms with Crippen molar-refractivity contribution < 1.29 is 5.11 Å². The average Bonchev–Trinajstić information content (AvgIpc) is 1.67. The van der Waals surface area contributed by atoms with Gasteiger partial charge in [0.05, 0.1) is 0 Å². The first-order valence-electron chi connectivity index (χ1n) is 3.22. The molecule has 0 saturated carbocycles. The summed E-state index contributed by atoms with van der Waals surface area (Å²) in [6.07, 6.45) is 3.46. The van der Waals surface area contributed by atoms with Crippen LogP contribution in [0, 0.1) is 17.4 Å². The van der Waals surface area contributed by atoms with Crippen LogP contribution in [0.1, 0.15) is 33.6 Å². The molecule has 2 heteroatoms. The van der Waals surface area contributed by atoms with Crippen LogP contribution in [0.5, 0.6) is 0 Å². The van der Waals surface area contributed by atoms with Crippen LogP contribution in [0.4, 0.5) is 0 Å². The zero-order chi connectivity index (χ0) is 7.70. The van der Waals surface area contributed by atoms with Crippen molar-refractivity contribution in [1.82, 2.24) is 0 Å². The molecule has 0 atom stereocenters. The molecule has 0 amide bonds. The normalized spacial score (nSPS) is 7.44. The largest absolute Gasteiger partial charge is 0.443 e. The number of aliphatic hydroxyl groups excluding tert-OH is 1. The lowest BCUT2D eigenvalue weighted by Crippen LogP contribution is -1.81. The molecule has 0 spiro atoms. The van der Waals surface area contributed by atoms with Crippen molar-refractivity contribution >= 4 is 0 Å². The highest BCUT2D eigenvalue weighted by Crippen LogP contribution is 2.00. The maximum Gasteiger partial charge on any atom is 0.283 e. The number of nitriles is 1. The SMILES string of the molecule is CCCC(C)C.N#CO. The Morgan fingerprint density at radius 1 is 1.56 bits per heavy atom. The Hall–Kier alpha value is -0.710. The fourth-order valence-electron chi connectivity index (χ4n) is 0.577. The quantitative estimate of drug-likeness (QED) is 0.581. The third-order valence-electron chi connectivity index (χ3n) is 0.866. The summed E-state index contributed by atoms with van der Waals surface area (Å²) in [6, 6.07) is 0. The fourth-order valence-corrected chi connectivity index (χ4v) is 0.577. The fraction of sp³-hybridized carbons (Fsp3) is 0.857. The molecule has 0 heterocycles. The molecule has 0 aliphatic carbocycles. The lowest BCUT2D eigenvalue weighted by Gasteiger charge is -1.95. The Morgan fingerprint density at radius 3 is 1.89 bits per heavy atom. The second kappa shape index (κ2) is 10.3. The van der Waals surface area contributed by atoms with Gasteiger partial charge >= 0.3 is 0 Å². The van der Waals surface area contributed by atoms with Crippen LogP contribution >= 0.6 is 0 Å². The van der Waals surface area contributed by atoms with Gasteiger partial charge in [0.15, 0.2) is 0 Å². The number of hydrogen-bond acceptors (Lipinski definition) is 2. The summed E-state index contributed by atoms with van der Waals surface area (Å²) in [5.74, 6) is 0.898. The first kappa shape index (κ1) is 11.1. The number of aliphatic hydroxyl groups is 1. The zero-order valence-electron chi connectivity index (χ0n) is 6.39. The third-order valence-corrected chi connectivity index (χ3v) is 0.866. The smallest absolute Gasteiger partial charge is 0.283 e. The summed E-state index contributed by atoms with van der Waals surface area (Å²) in [5, 5.41) is 13.8. The maximum atomic E-state index is 6.88. The molecule has 0 aliphatic rings. The van der Waals surface area contributed by atoms with Crippen molar-refractivity contribution in [2.45, 2.75) is 33.6 Å². The van der Waals surface area contributed by atoms with Gasteiger partial charge in [0, 0.05) is 0 Å². The van der Waals surface area contributed by atoms with Gasteiger partial charge in [-0.3, -0.25) is 0 Å². The minimum atomic E-state index is 0.750. The monoisotopic (exact) mass is 129 g/mol. The van der Waals surface area contributed by atoms with Crippen LogP contribution < -0.4 is 0 Å².